The van der Waals surface area contributed by atoms with Gasteiger partial charge in [0, 0.05) is 30.2 Å². The van der Waals surface area contributed by atoms with Crippen molar-refractivity contribution in [1.82, 2.24) is 0 Å². The van der Waals surface area contributed by atoms with E-state index in [-0.39, 0.29) is 42.8 Å². The summed E-state index contributed by atoms with van der Waals surface area (Å²) in [4.78, 5) is 55.1. The Labute approximate surface area is 370 Å². The number of phenolic OH excluding ortho intramolecular Hbond substituents is 1. The third kappa shape index (κ3) is 6.13. The SMILES string of the molecule is COc1cc([C@H]2C3=CC[C@@H]4C(=O)N(c5ccc(N=Nc6ccc(N(C)C)cc6)cc5)C(=O)[C@@H]4[C@@H]3C[C@@]3(Cl)C(=O)N(c4c(F)c(F)c(F)c(F)c4F)C(=O)[C@@]23Cl)c(Br)c(Br)c1O. The van der Waals surface area contributed by atoms with Crippen LogP contribution in [0.5, 0.6) is 11.5 Å². The number of nitrogens with zero attached hydrogens (tertiary/aromatic N) is 5. The molecule has 2 saturated heterocycles. The number of fused-ring (bicyclic) bond motifs is 4. The van der Waals surface area contributed by atoms with Gasteiger partial charge in [0.25, 0.3) is 11.8 Å². The quantitative estimate of drug-likeness (QED) is 0.0371. The molecule has 4 aliphatic rings. The highest BCUT2D eigenvalue weighted by atomic mass is 79.9. The molecular formula is C41H28Br2Cl2F5N5O6. The first-order valence-electron chi connectivity index (χ1n) is 18.2. The Kier molecular flexibility index (Phi) is 10.6. The summed E-state index contributed by atoms with van der Waals surface area (Å²) >= 11 is 21.2. The standard InChI is InChI=1S/C41H28Br2Cl2F5N5O6/c1-53(2)18-8-4-16(5-9-18)51-52-17-6-10-19(11-7-17)54-36(57)21-13-12-20-23(25(21)37(54)58)15-40(44)38(59)55(34-32(49)30(47)29(46)31(48)33(34)50)39(60)41(40,45)26(20)22-14-24(61-3)35(56)28(43)27(22)42/h4-12,14,21,23,25-26,56H,13,15H2,1-3H3/t21-,23+,25-,26+,40+,41-/m0/s1. The smallest absolute Gasteiger partial charge is 0.258 e. The summed E-state index contributed by atoms with van der Waals surface area (Å²) in [6.07, 6.45) is 0.763. The molecule has 2 heterocycles. The third-order valence-electron chi connectivity index (χ3n) is 11.7. The van der Waals surface area contributed by atoms with Gasteiger partial charge < -0.3 is 14.7 Å². The molecule has 6 atom stereocenters. The minimum atomic E-state index is -2.80. The number of alkyl halides is 2. The maximum Gasteiger partial charge on any atom is 0.258 e. The maximum absolute atomic E-state index is 15.4. The predicted octanol–water partition coefficient (Wildman–Crippen LogP) is 9.87. The van der Waals surface area contributed by atoms with Gasteiger partial charge in [-0.3, -0.25) is 24.1 Å². The maximum atomic E-state index is 15.4. The number of carbonyl (C=O) groups is 4. The first-order valence-corrected chi connectivity index (χ1v) is 20.5. The molecule has 4 aromatic carbocycles. The number of methoxy groups -OCH3 is 1. The highest BCUT2D eigenvalue weighted by molar-refractivity contribution is 9.13. The van der Waals surface area contributed by atoms with Crippen LogP contribution in [0.4, 0.5) is 50.4 Å². The van der Waals surface area contributed by atoms with Gasteiger partial charge in [-0.1, -0.05) is 11.6 Å². The van der Waals surface area contributed by atoms with Crippen LogP contribution in [0.1, 0.15) is 24.3 Å². The van der Waals surface area contributed by atoms with Crippen LogP contribution < -0.4 is 19.4 Å². The van der Waals surface area contributed by atoms with E-state index in [0.717, 1.165) is 10.6 Å². The van der Waals surface area contributed by atoms with Crippen LogP contribution in [-0.4, -0.2) is 59.7 Å². The van der Waals surface area contributed by atoms with E-state index >= 15 is 8.78 Å². The largest absolute Gasteiger partial charge is 0.503 e. The van der Waals surface area contributed by atoms with Crippen LogP contribution in [0.2, 0.25) is 0 Å². The number of azo groups is 1. The van der Waals surface area contributed by atoms with Gasteiger partial charge in [-0.05, 0) is 111 Å². The third-order valence-corrected chi connectivity index (χ3v) is 15.3. The number of benzene rings is 4. The van der Waals surface area contributed by atoms with Gasteiger partial charge in [-0.25, -0.2) is 26.9 Å². The van der Waals surface area contributed by atoms with E-state index in [1.807, 2.05) is 31.1 Å². The van der Waals surface area contributed by atoms with Gasteiger partial charge in [0.05, 0.1) is 40.5 Å². The Hall–Kier alpha value is -4.91. The van der Waals surface area contributed by atoms with E-state index in [0.29, 0.717) is 11.4 Å². The zero-order valence-electron chi connectivity index (χ0n) is 31.6. The molecular weight excluding hydrogens is 984 g/mol. The van der Waals surface area contributed by atoms with E-state index in [1.54, 1.807) is 30.3 Å². The second kappa shape index (κ2) is 15.2. The molecule has 1 saturated carbocycles. The van der Waals surface area contributed by atoms with Gasteiger partial charge in [-0.2, -0.15) is 10.2 Å². The minimum absolute atomic E-state index is 0.00313. The lowest BCUT2D eigenvalue weighted by atomic mass is 9.56. The second-order valence-electron chi connectivity index (χ2n) is 15.0. The van der Waals surface area contributed by atoms with Crippen LogP contribution >= 0.6 is 55.1 Å². The molecule has 2 aliphatic heterocycles. The molecule has 0 radical (unpaired) electrons. The van der Waals surface area contributed by atoms with Crippen LogP contribution in [0.25, 0.3) is 0 Å². The van der Waals surface area contributed by atoms with E-state index in [9.17, 15) is 37.5 Å². The van der Waals surface area contributed by atoms with Crippen LogP contribution in [0.3, 0.4) is 0 Å². The zero-order valence-corrected chi connectivity index (χ0v) is 36.3. The molecule has 0 aromatic heterocycles. The lowest BCUT2D eigenvalue weighted by Crippen LogP contribution is -2.60. The number of hydrogen-bond acceptors (Lipinski definition) is 9. The average molecular weight is 1010 g/mol. The number of anilines is 3. The van der Waals surface area contributed by atoms with Crippen LogP contribution in [-0.2, 0) is 19.2 Å². The molecule has 8 rings (SSSR count). The first-order chi connectivity index (χ1) is 28.8. The summed E-state index contributed by atoms with van der Waals surface area (Å²) < 4.78 is 79.7. The molecule has 0 unspecified atom stereocenters. The number of halogens is 9. The van der Waals surface area contributed by atoms with Gasteiger partial charge in [-0.15, -0.1) is 23.2 Å². The number of amides is 4. The van der Waals surface area contributed by atoms with Gasteiger partial charge in [0.2, 0.25) is 17.6 Å². The molecule has 4 aromatic rings. The topological polar surface area (TPSA) is 132 Å². The predicted molar refractivity (Wildman–Crippen MR) is 220 cm³/mol. The fourth-order valence-corrected chi connectivity index (χ4v) is 10.6. The monoisotopic (exact) mass is 1010 g/mol. The fraction of sp³-hybridized carbons (Fsp3) is 0.268. The highest BCUT2D eigenvalue weighted by Gasteiger charge is 2.77. The minimum Gasteiger partial charge on any atom is -0.503 e. The Bertz CT molecular complexity index is 2650. The number of imide groups is 2. The van der Waals surface area contributed by atoms with Crippen molar-refractivity contribution in [2.75, 3.05) is 35.9 Å². The van der Waals surface area contributed by atoms with E-state index in [4.69, 9.17) is 27.9 Å². The molecule has 11 nitrogen and oxygen atoms in total. The Morgan fingerprint density at radius 3 is 1.90 bits per heavy atom. The number of allylic oxidation sites excluding steroid dienone is 2. The number of rotatable bonds is 7. The molecule has 0 bridgehead atoms. The summed E-state index contributed by atoms with van der Waals surface area (Å²) in [6, 6.07) is 14.7. The van der Waals surface area contributed by atoms with Crippen molar-refractivity contribution in [3.63, 3.8) is 0 Å². The normalized spacial score (nSPS) is 25.9. The molecule has 3 fully saturated rings. The van der Waals surface area contributed by atoms with Crippen LogP contribution in [0.15, 0.2) is 85.4 Å². The summed E-state index contributed by atoms with van der Waals surface area (Å²) in [5.41, 5.74) is 0.435. The molecule has 20 heteroatoms. The Morgan fingerprint density at radius 1 is 0.787 bits per heavy atom. The molecule has 316 valence electrons. The van der Waals surface area contributed by atoms with Crippen molar-refractivity contribution in [3.05, 3.63) is 110 Å². The molecule has 2 aliphatic carbocycles. The average Bonchev–Trinajstić information content (AvgIpc) is 3.58. The number of ether oxygens (including phenoxy) is 1. The first kappa shape index (κ1) is 42.8. The Morgan fingerprint density at radius 2 is 1.34 bits per heavy atom. The van der Waals surface area contributed by atoms with Crippen LogP contribution in [0, 0.1) is 46.8 Å². The molecule has 61 heavy (non-hydrogen) atoms. The highest BCUT2D eigenvalue weighted by Crippen LogP contribution is 2.67. The second-order valence-corrected chi connectivity index (χ2v) is 17.8. The van der Waals surface area contributed by atoms with Crippen molar-refractivity contribution in [1.29, 1.82) is 0 Å². The molecule has 1 N–H and O–H groups in total. The number of phenols is 1. The summed E-state index contributed by atoms with van der Waals surface area (Å²) in [7, 11) is 5.02. The van der Waals surface area contributed by atoms with E-state index in [2.05, 4.69) is 42.1 Å². The lowest BCUT2D eigenvalue weighted by Gasteiger charge is -2.51. The zero-order chi connectivity index (χ0) is 44.2. The van der Waals surface area contributed by atoms with Crippen molar-refractivity contribution >= 4 is 107 Å². The van der Waals surface area contributed by atoms with Crippen molar-refractivity contribution in [3.8, 4) is 11.5 Å². The number of aromatic hydroxyl groups is 1. The Balaban J connectivity index is 1.22. The van der Waals surface area contributed by atoms with Gasteiger partial charge >= 0.3 is 0 Å². The van der Waals surface area contributed by atoms with Crippen molar-refractivity contribution < 1.29 is 51.0 Å². The van der Waals surface area contributed by atoms with Crippen molar-refractivity contribution in [2.45, 2.75) is 28.5 Å². The van der Waals surface area contributed by atoms with Gasteiger partial charge in [0.1, 0.15) is 5.69 Å². The number of hydrogen-bond donors (Lipinski definition) is 1. The summed E-state index contributed by atoms with van der Waals surface area (Å²) in [6.45, 7) is 0. The molecule has 4 amide bonds. The number of carbonyl (C=O) groups excluding carboxylic acids is 4. The summed E-state index contributed by atoms with van der Waals surface area (Å²) in [5.74, 6) is -22.7. The lowest BCUT2D eigenvalue weighted by molar-refractivity contribution is -0.125. The van der Waals surface area contributed by atoms with E-state index in [1.165, 1.54) is 25.3 Å². The molecule has 0 spiro atoms. The van der Waals surface area contributed by atoms with Gasteiger partial charge in [0.15, 0.2) is 44.5 Å². The van der Waals surface area contributed by atoms with Crippen molar-refractivity contribution in [2.24, 2.45) is 28.0 Å². The fourth-order valence-electron chi connectivity index (χ4n) is 8.75. The summed E-state index contributed by atoms with van der Waals surface area (Å²) in [5, 5.41) is 19.3. The van der Waals surface area contributed by atoms with E-state index < -0.39 is 104 Å².